The monoisotopic (exact) mass is 275 g/mol. The van der Waals surface area contributed by atoms with Crippen LogP contribution in [0.5, 0.6) is 0 Å². The number of nitrogens with one attached hydrogen (secondary N) is 1. The molecule has 21 heavy (non-hydrogen) atoms. The van der Waals surface area contributed by atoms with Gasteiger partial charge in [0.25, 0.3) is 5.56 Å². The molecule has 2 heterocycles. The van der Waals surface area contributed by atoms with Crippen molar-refractivity contribution in [3.05, 3.63) is 70.8 Å². The highest BCUT2D eigenvalue weighted by molar-refractivity contribution is 5.86. The van der Waals surface area contributed by atoms with E-state index in [1.54, 1.807) is 17.0 Å². The van der Waals surface area contributed by atoms with Crippen molar-refractivity contribution in [1.82, 2.24) is 14.5 Å². The van der Waals surface area contributed by atoms with Gasteiger partial charge in [-0.1, -0.05) is 30.3 Å². The number of aryl methyl sites for hydroxylation is 1. The summed E-state index contributed by atoms with van der Waals surface area (Å²) >= 11 is 0. The Morgan fingerprint density at radius 2 is 1.71 bits per heavy atom. The SMILES string of the molecule is Cc1c(-n2cnc3ccccc3c2=O)[nH]c2ccccc12. The number of fused-ring (bicyclic) bond motifs is 2. The summed E-state index contributed by atoms with van der Waals surface area (Å²) in [5.74, 6) is 0.777. The smallest absolute Gasteiger partial charge is 0.266 e. The topological polar surface area (TPSA) is 50.7 Å². The predicted octanol–water partition coefficient (Wildman–Crippen LogP) is 3.18. The van der Waals surface area contributed by atoms with Gasteiger partial charge in [-0.05, 0) is 30.7 Å². The third kappa shape index (κ3) is 1.69. The van der Waals surface area contributed by atoms with E-state index >= 15 is 0 Å². The molecule has 0 aliphatic heterocycles. The normalized spacial score (nSPS) is 11.3. The van der Waals surface area contributed by atoms with E-state index in [2.05, 4.69) is 9.97 Å². The van der Waals surface area contributed by atoms with Gasteiger partial charge in [0.15, 0.2) is 0 Å². The van der Waals surface area contributed by atoms with E-state index in [1.165, 1.54) is 0 Å². The Morgan fingerprint density at radius 3 is 2.52 bits per heavy atom. The molecule has 0 spiro atoms. The van der Waals surface area contributed by atoms with E-state index in [9.17, 15) is 4.79 Å². The molecule has 0 saturated carbocycles. The summed E-state index contributed by atoms with van der Waals surface area (Å²) < 4.78 is 1.58. The van der Waals surface area contributed by atoms with Crippen LogP contribution >= 0.6 is 0 Å². The molecular weight excluding hydrogens is 262 g/mol. The van der Waals surface area contributed by atoms with Crippen LogP contribution in [0.1, 0.15) is 5.56 Å². The van der Waals surface area contributed by atoms with Crippen LogP contribution in [-0.2, 0) is 0 Å². The summed E-state index contributed by atoms with van der Waals surface area (Å²) in [5, 5.41) is 1.74. The van der Waals surface area contributed by atoms with Crippen LogP contribution < -0.4 is 5.56 Å². The summed E-state index contributed by atoms with van der Waals surface area (Å²) in [4.78, 5) is 20.3. The van der Waals surface area contributed by atoms with Gasteiger partial charge in [-0.3, -0.25) is 9.36 Å². The first-order valence-electron chi connectivity index (χ1n) is 6.80. The zero-order valence-electron chi connectivity index (χ0n) is 11.5. The number of rotatable bonds is 1. The van der Waals surface area contributed by atoms with Gasteiger partial charge < -0.3 is 4.98 Å². The molecule has 4 rings (SSSR count). The molecule has 0 aliphatic rings. The summed E-state index contributed by atoms with van der Waals surface area (Å²) in [6.45, 7) is 2.01. The Morgan fingerprint density at radius 1 is 1.00 bits per heavy atom. The van der Waals surface area contributed by atoms with E-state index in [0.29, 0.717) is 10.9 Å². The molecule has 0 saturated heterocycles. The zero-order chi connectivity index (χ0) is 14.4. The number of hydrogen-bond acceptors (Lipinski definition) is 2. The minimum Gasteiger partial charge on any atom is -0.341 e. The first-order valence-corrected chi connectivity index (χ1v) is 6.80. The van der Waals surface area contributed by atoms with Gasteiger partial charge in [0.1, 0.15) is 12.1 Å². The Labute approximate surface area is 120 Å². The highest BCUT2D eigenvalue weighted by Gasteiger charge is 2.11. The second kappa shape index (κ2) is 4.31. The van der Waals surface area contributed by atoms with Gasteiger partial charge in [0.2, 0.25) is 0 Å². The lowest BCUT2D eigenvalue weighted by Crippen LogP contribution is -2.19. The van der Waals surface area contributed by atoms with Crippen molar-refractivity contribution >= 4 is 21.8 Å². The lowest BCUT2D eigenvalue weighted by atomic mass is 10.2. The van der Waals surface area contributed by atoms with Gasteiger partial charge in [-0.25, -0.2) is 4.98 Å². The van der Waals surface area contributed by atoms with E-state index in [0.717, 1.165) is 22.3 Å². The maximum Gasteiger partial charge on any atom is 0.266 e. The minimum absolute atomic E-state index is 0.0599. The van der Waals surface area contributed by atoms with Crippen molar-refractivity contribution in [3.63, 3.8) is 0 Å². The number of H-pyrrole nitrogens is 1. The lowest BCUT2D eigenvalue weighted by molar-refractivity contribution is 0.926. The van der Waals surface area contributed by atoms with Gasteiger partial charge in [-0.2, -0.15) is 0 Å². The molecule has 0 aliphatic carbocycles. The second-order valence-electron chi connectivity index (χ2n) is 5.08. The Hall–Kier alpha value is -2.88. The summed E-state index contributed by atoms with van der Waals surface area (Å²) in [6.07, 6.45) is 1.59. The van der Waals surface area contributed by atoms with E-state index in [-0.39, 0.29) is 5.56 Å². The van der Waals surface area contributed by atoms with Gasteiger partial charge in [0.05, 0.1) is 10.9 Å². The van der Waals surface area contributed by atoms with Crippen molar-refractivity contribution in [3.8, 4) is 5.82 Å². The molecule has 0 bridgehead atoms. The fourth-order valence-corrected chi connectivity index (χ4v) is 2.74. The first kappa shape index (κ1) is 11.9. The number of hydrogen-bond donors (Lipinski definition) is 1. The van der Waals surface area contributed by atoms with Crippen LogP contribution in [-0.4, -0.2) is 14.5 Å². The van der Waals surface area contributed by atoms with Gasteiger partial charge in [-0.15, -0.1) is 0 Å². The van der Waals surface area contributed by atoms with Gasteiger partial charge >= 0.3 is 0 Å². The average molecular weight is 275 g/mol. The van der Waals surface area contributed by atoms with E-state index in [1.807, 2.05) is 49.4 Å². The van der Waals surface area contributed by atoms with Crippen LogP contribution in [0.25, 0.3) is 27.6 Å². The highest BCUT2D eigenvalue weighted by Crippen LogP contribution is 2.23. The van der Waals surface area contributed by atoms with Crippen LogP contribution in [0.4, 0.5) is 0 Å². The first-order chi connectivity index (χ1) is 10.3. The van der Waals surface area contributed by atoms with Crippen molar-refractivity contribution in [2.45, 2.75) is 6.92 Å². The molecule has 2 aromatic carbocycles. The summed E-state index contributed by atoms with van der Waals surface area (Å²) in [7, 11) is 0. The minimum atomic E-state index is -0.0599. The third-order valence-electron chi connectivity index (χ3n) is 3.85. The molecule has 1 N–H and O–H groups in total. The van der Waals surface area contributed by atoms with Crippen molar-refractivity contribution in [2.75, 3.05) is 0 Å². The lowest BCUT2D eigenvalue weighted by Gasteiger charge is -2.05. The molecular formula is C17H13N3O. The Balaban J connectivity index is 2.07. The largest absolute Gasteiger partial charge is 0.341 e. The Kier molecular flexibility index (Phi) is 2.44. The molecule has 0 fully saturated rings. The van der Waals surface area contributed by atoms with Crippen LogP contribution in [0.3, 0.4) is 0 Å². The Bertz CT molecular complexity index is 1030. The number of nitrogens with zero attached hydrogens (tertiary/aromatic N) is 2. The van der Waals surface area contributed by atoms with Crippen molar-refractivity contribution < 1.29 is 0 Å². The standard InChI is InChI=1S/C17H13N3O/c1-11-12-6-2-5-9-15(12)19-16(11)20-10-18-14-8-4-3-7-13(14)17(20)21/h2-10,19H,1H3. The van der Waals surface area contributed by atoms with Crippen LogP contribution in [0.2, 0.25) is 0 Å². The molecule has 102 valence electrons. The van der Waals surface area contributed by atoms with E-state index in [4.69, 9.17) is 0 Å². The number of aromatic amines is 1. The zero-order valence-corrected chi connectivity index (χ0v) is 11.5. The number of benzene rings is 2. The van der Waals surface area contributed by atoms with Crippen LogP contribution in [0, 0.1) is 6.92 Å². The fraction of sp³-hybridized carbons (Fsp3) is 0.0588. The quantitative estimate of drug-likeness (QED) is 0.580. The second-order valence-corrected chi connectivity index (χ2v) is 5.08. The average Bonchev–Trinajstić information content (AvgIpc) is 2.85. The maximum atomic E-state index is 12.7. The van der Waals surface area contributed by atoms with Gasteiger partial charge in [0, 0.05) is 10.9 Å². The summed E-state index contributed by atoms with van der Waals surface area (Å²) in [6, 6.07) is 15.4. The summed E-state index contributed by atoms with van der Waals surface area (Å²) in [5.41, 5.74) is 2.72. The third-order valence-corrected chi connectivity index (χ3v) is 3.85. The number of aromatic nitrogens is 3. The molecule has 0 amide bonds. The van der Waals surface area contributed by atoms with Crippen molar-refractivity contribution in [2.24, 2.45) is 0 Å². The molecule has 0 radical (unpaired) electrons. The number of para-hydroxylation sites is 2. The molecule has 4 heteroatoms. The maximum absolute atomic E-state index is 12.7. The fourth-order valence-electron chi connectivity index (χ4n) is 2.74. The highest BCUT2D eigenvalue weighted by atomic mass is 16.1. The van der Waals surface area contributed by atoms with Crippen LogP contribution in [0.15, 0.2) is 59.7 Å². The predicted molar refractivity (Wildman–Crippen MR) is 83.9 cm³/mol. The molecule has 4 aromatic rings. The molecule has 0 atom stereocenters. The molecule has 4 nitrogen and oxygen atoms in total. The molecule has 0 unspecified atom stereocenters. The van der Waals surface area contributed by atoms with Crippen molar-refractivity contribution in [1.29, 1.82) is 0 Å². The molecule has 2 aromatic heterocycles. The van der Waals surface area contributed by atoms with E-state index < -0.39 is 0 Å².